The van der Waals surface area contributed by atoms with Gasteiger partial charge < -0.3 is 19.3 Å². The van der Waals surface area contributed by atoms with Crippen LogP contribution in [0.5, 0.6) is 11.6 Å². The number of benzene rings is 1. The molecule has 0 aliphatic heterocycles. The maximum absolute atomic E-state index is 12.2. The normalized spacial score (nSPS) is 11.1. The van der Waals surface area contributed by atoms with E-state index in [0.717, 1.165) is 11.3 Å². The first kappa shape index (κ1) is 15.9. The number of carbonyl (C=O) groups is 1. The van der Waals surface area contributed by atoms with Crippen LogP contribution in [0.15, 0.2) is 34.9 Å². The van der Waals surface area contributed by atoms with E-state index in [1.165, 1.54) is 13.2 Å². The van der Waals surface area contributed by atoms with Crippen molar-refractivity contribution in [1.82, 2.24) is 10.5 Å². The van der Waals surface area contributed by atoms with Crippen LogP contribution in [0.2, 0.25) is 0 Å². The minimum Gasteiger partial charge on any atom is -0.497 e. The highest BCUT2D eigenvalue weighted by atomic mass is 16.5. The monoisotopic (exact) mass is 304 g/mol. The summed E-state index contributed by atoms with van der Waals surface area (Å²) in [7, 11) is 3.09. The summed E-state index contributed by atoms with van der Waals surface area (Å²) in [5.41, 5.74) is 0.614. The molecule has 0 radical (unpaired) electrons. The summed E-state index contributed by atoms with van der Waals surface area (Å²) in [6.07, 6.45) is 0.654. The summed E-state index contributed by atoms with van der Waals surface area (Å²) in [5, 5.41) is 6.54. The first-order valence-corrected chi connectivity index (χ1v) is 6.89. The second kappa shape index (κ2) is 6.51. The summed E-state index contributed by atoms with van der Waals surface area (Å²) in [6, 6.07) is 9.21. The molecular formula is C16H20N2O4. The molecular weight excluding hydrogens is 284 g/mol. The van der Waals surface area contributed by atoms with Gasteiger partial charge in [0.15, 0.2) is 0 Å². The summed E-state index contributed by atoms with van der Waals surface area (Å²) >= 11 is 0. The Morgan fingerprint density at radius 2 is 2.05 bits per heavy atom. The van der Waals surface area contributed by atoms with Crippen molar-refractivity contribution in [2.75, 3.05) is 14.2 Å². The molecule has 0 bridgehead atoms. The van der Waals surface area contributed by atoms with Crippen LogP contribution in [0.25, 0.3) is 0 Å². The van der Waals surface area contributed by atoms with Gasteiger partial charge in [-0.3, -0.25) is 4.79 Å². The van der Waals surface area contributed by atoms with Crippen molar-refractivity contribution in [2.24, 2.45) is 0 Å². The van der Waals surface area contributed by atoms with Crippen molar-refractivity contribution in [1.29, 1.82) is 0 Å². The van der Waals surface area contributed by atoms with Crippen molar-refractivity contribution in [2.45, 2.75) is 25.8 Å². The number of carbonyl (C=O) groups excluding carboxylic acids is 1. The molecule has 22 heavy (non-hydrogen) atoms. The maximum atomic E-state index is 12.2. The second-order valence-electron chi connectivity index (χ2n) is 5.60. The predicted molar refractivity (Wildman–Crippen MR) is 81.3 cm³/mol. The molecule has 118 valence electrons. The molecule has 0 atom stereocenters. The first-order valence-electron chi connectivity index (χ1n) is 6.89. The number of rotatable bonds is 6. The minimum atomic E-state index is -0.455. The van der Waals surface area contributed by atoms with Crippen LogP contribution in [0.4, 0.5) is 0 Å². The predicted octanol–water partition coefficient (Wildman–Crippen LogP) is 2.44. The summed E-state index contributed by atoms with van der Waals surface area (Å²) in [6.45, 7) is 3.88. The van der Waals surface area contributed by atoms with E-state index < -0.39 is 5.54 Å². The van der Waals surface area contributed by atoms with E-state index >= 15 is 0 Å². The van der Waals surface area contributed by atoms with Crippen LogP contribution in [-0.2, 0) is 6.42 Å². The fourth-order valence-electron chi connectivity index (χ4n) is 2.17. The van der Waals surface area contributed by atoms with Gasteiger partial charge in [-0.15, -0.1) is 0 Å². The fraction of sp³-hybridized carbons (Fsp3) is 0.375. The first-order chi connectivity index (χ1) is 10.4. The molecule has 1 amide bonds. The van der Waals surface area contributed by atoms with Gasteiger partial charge in [-0.1, -0.05) is 12.1 Å². The van der Waals surface area contributed by atoms with Gasteiger partial charge in [0.25, 0.3) is 11.8 Å². The zero-order valence-electron chi connectivity index (χ0n) is 13.2. The maximum Gasteiger partial charge on any atom is 0.290 e. The minimum absolute atomic E-state index is 0.121. The van der Waals surface area contributed by atoms with E-state index in [0.29, 0.717) is 6.42 Å². The topological polar surface area (TPSA) is 73.6 Å². The molecule has 2 rings (SSSR count). The molecule has 2 aromatic rings. The Labute approximate surface area is 129 Å². The van der Waals surface area contributed by atoms with Gasteiger partial charge in [-0.25, -0.2) is 0 Å². The van der Waals surface area contributed by atoms with E-state index in [9.17, 15) is 4.79 Å². The van der Waals surface area contributed by atoms with Gasteiger partial charge in [-0.05, 0) is 43.1 Å². The van der Waals surface area contributed by atoms with Gasteiger partial charge in [0.05, 0.1) is 20.3 Å². The van der Waals surface area contributed by atoms with E-state index in [1.807, 2.05) is 38.1 Å². The van der Waals surface area contributed by atoms with Crippen molar-refractivity contribution in [3.05, 3.63) is 41.7 Å². The van der Waals surface area contributed by atoms with Crippen molar-refractivity contribution in [3.8, 4) is 11.6 Å². The number of hydrogen-bond acceptors (Lipinski definition) is 5. The third kappa shape index (κ3) is 4.00. The van der Waals surface area contributed by atoms with Gasteiger partial charge in [-0.2, -0.15) is 0 Å². The summed E-state index contributed by atoms with van der Waals surface area (Å²) in [5.74, 6) is 0.856. The number of methoxy groups -OCH3 is 2. The highest BCUT2D eigenvalue weighted by Gasteiger charge is 2.24. The van der Waals surface area contributed by atoms with Crippen LogP contribution in [0.1, 0.15) is 30.0 Å². The fourth-order valence-corrected chi connectivity index (χ4v) is 2.17. The number of hydrogen-bond donors (Lipinski definition) is 1. The van der Waals surface area contributed by atoms with Crippen molar-refractivity contribution in [3.63, 3.8) is 0 Å². The third-order valence-corrected chi connectivity index (χ3v) is 3.15. The Morgan fingerprint density at radius 3 is 2.68 bits per heavy atom. The molecule has 6 nitrogen and oxygen atoms in total. The molecule has 0 saturated carbocycles. The largest absolute Gasteiger partial charge is 0.497 e. The Morgan fingerprint density at radius 1 is 1.27 bits per heavy atom. The molecule has 0 aliphatic carbocycles. The van der Waals surface area contributed by atoms with Gasteiger partial charge >= 0.3 is 0 Å². The standard InChI is InChI=1S/C16H20N2O4/c1-16(2,10-11-6-5-7-12(8-11)20-3)17-15(19)13-9-14(21-4)18-22-13/h5-9H,10H2,1-4H3,(H,17,19). The smallest absolute Gasteiger partial charge is 0.290 e. The quantitative estimate of drug-likeness (QED) is 0.887. The van der Waals surface area contributed by atoms with Crippen molar-refractivity contribution >= 4 is 5.91 Å². The lowest BCUT2D eigenvalue weighted by atomic mass is 9.94. The lowest BCUT2D eigenvalue weighted by Crippen LogP contribution is -2.45. The Bertz CT molecular complexity index is 649. The molecule has 0 aliphatic rings. The molecule has 0 spiro atoms. The van der Waals surface area contributed by atoms with Crippen molar-refractivity contribution < 1.29 is 18.8 Å². The summed E-state index contributed by atoms with van der Waals surface area (Å²) in [4.78, 5) is 12.2. The molecule has 1 N–H and O–H groups in total. The molecule has 1 aromatic heterocycles. The molecule has 0 saturated heterocycles. The van der Waals surface area contributed by atoms with E-state index in [1.54, 1.807) is 7.11 Å². The Balaban J connectivity index is 2.04. The number of ether oxygens (including phenoxy) is 2. The number of amides is 1. The SMILES string of the molecule is COc1cccc(CC(C)(C)NC(=O)c2cc(OC)no2)c1. The van der Waals surface area contributed by atoms with Gasteiger partial charge in [0, 0.05) is 5.54 Å². The average Bonchev–Trinajstić information content (AvgIpc) is 2.95. The van der Waals surface area contributed by atoms with Gasteiger partial charge in [0.2, 0.25) is 5.76 Å². The van der Waals surface area contributed by atoms with Crippen LogP contribution in [0.3, 0.4) is 0 Å². The molecule has 0 unspecified atom stereocenters. The van der Waals surface area contributed by atoms with Gasteiger partial charge in [0.1, 0.15) is 5.75 Å². The Kier molecular flexibility index (Phi) is 4.70. The number of nitrogens with one attached hydrogen (secondary N) is 1. The zero-order chi connectivity index (χ0) is 16.2. The average molecular weight is 304 g/mol. The molecule has 1 heterocycles. The highest BCUT2D eigenvalue weighted by molar-refractivity contribution is 5.92. The number of nitrogens with zero attached hydrogens (tertiary/aromatic N) is 1. The zero-order valence-corrected chi connectivity index (χ0v) is 13.2. The van der Waals surface area contributed by atoms with E-state index in [-0.39, 0.29) is 17.5 Å². The van der Waals surface area contributed by atoms with Crippen LogP contribution >= 0.6 is 0 Å². The Hall–Kier alpha value is -2.50. The molecule has 0 fully saturated rings. The van der Waals surface area contributed by atoms with Crippen LogP contribution in [-0.4, -0.2) is 30.8 Å². The summed E-state index contributed by atoms with van der Waals surface area (Å²) < 4.78 is 15.1. The highest BCUT2D eigenvalue weighted by Crippen LogP contribution is 2.19. The molecule has 1 aromatic carbocycles. The number of aromatic nitrogens is 1. The van der Waals surface area contributed by atoms with E-state index in [4.69, 9.17) is 14.0 Å². The third-order valence-electron chi connectivity index (χ3n) is 3.15. The van der Waals surface area contributed by atoms with Crippen LogP contribution < -0.4 is 14.8 Å². The lowest BCUT2D eigenvalue weighted by Gasteiger charge is -2.26. The lowest BCUT2D eigenvalue weighted by molar-refractivity contribution is 0.0875. The molecule has 6 heteroatoms. The second-order valence-corrected chi connectivity index (χ2v) is 5.60. The van der Waals surface area contributed by atoms with E-state index in [2.05, 4.69) is 10.5 Å². The van der Waals surface area contributed by atoms with Crippen LogP contribution in [0, 0.1) is 0 Å².